The van der Waals surface area contributed by atoms with Crippen LogP contribution in [-0.4, -0.2) is 39.9 Å². The molecule has 154 valence electrons. The minimum Gasteiger partial charge on any atom is -0.493 e. The lowest BCUT2D eigenvalue weighted by Gasteiger charge is -2.17. The van der Waals surface area contributed by atoms with E-state index >= 15 is 0 Å². The maximum absolute atomic E-state index is 12.5. The summed E-state index contributed by atoms with van der Waals surface area (Å²) < 4.78 is 21.6. The zero-order chi connectivity index (χ0) is 21.1. The number of nitrogens with one attached hydrogen (secondary N) is 1. The molecule has 0 spiro atoms. The van der Waals surface area contributed by atoms with Crippen LogP contribution in [0.5, 0.6) is 17.2 Å². The van der Waals surface area contributed by atoms with Crippen molar-refractivity contribution in [2.45, 2.75) is 12.5 Å². The Morgan fingerprint density at radius 2 is 1.86 bits per heavy atom. The number of halogens is 1. The fourth-order valence-electron chi connectivity index (χ4n) is 2.57. The summed E-state index contributed by atoms with van der Waals surface area (Å²) in [5.41, 5.74) is 0.684. The molecule has 0 aliphatic heterocycles. The van der Waals surface area contributed by atoms with Gasteiger partial charge in [-0.15, -0.1) is 6.42 Å². The van der Waals surface area contributed by atoms with Crippen LogP contribution in [0.25, 0.3) is 0 Å². The number of amides is 1. The van der Waals surface area contributed by atoms with Crippen molar-refractivity contribution in [3.8, 4) is 29.6 Å². The number of methoxy groups -OCH3 is 2. The summed E-state index contributed by atoms with van der Waals surface area (Å²) in [4.78, 5) is 12.5. The highest BCUT2D eigenvalue weighted by Gasteiger charge is 2.20. The zero-order valence-corrected chi connectivity index (χ0v) is 17.2. The molecule has 6 nitrogen and oxygen atoms in total. The molecule has 2 rings (SSSR count). The quantitative estimate of drug-likeness (QED) is 0.446. The van der Waals surface area contributed by atoms with Gasteiger partial charge in [0.2, 0.25) is 0 Å². The van der Waals surface area contributed by atoms with Crippen molar-refractivity contribution >= 4 is 17.5 Å². The van der Waals surface area contributed by atoms with Gasteiger partial charge in [0.1, 0.15) is 12.4 Å². The average molecular weight is 418 g/mol. The molecule has 0 heterocycles. The largest absolute Gasteiger partial charge is 0.493 e. The second kappa shape index (κ2) is 11.8. The topological polar surface area (TPSA) is 66.0 Å². The van der Waals surface area contributed by atoms with Crippen LogP contribution in [-0.2, 0) is 9.53 Å². The standard InChI is InChI=1S/C22H24ClNO5/c1-4-13-29-21(16-6-8-17(23)9-7-16)22(25)24-12-5-14-28-18-10-11-19(26-2)20(15-18)27-3/h1,6-11,15,21H,5,12-14H2,2-3H3,(H,24,25). The Morgan fingerprint density at radius 3 is 2.52 bits per heavy atom. The predicted molar refractivity (Wildman–Crippen MR) is 112 cm³/mol. The number of benzene rings is 2. The van der Waals surface area contributed by atoms with Crippen molar-refractivity contribution in [3.63, 3.8) is 0 Å². The Morgan fingerprint density at radius 1 is 1.14 bits per heavy atom. The molecule has 0 aliphatic carbocycles. The van der Waals surface area contributed by atoms with Gasteiger partial charge in [-0.25, -0.2) is 0 Å². The first kappa shape index (κ1) is 22.4. The molecule has 0 fully saturated rings. The fourth-order valence-corrected chi connectivity index (χ4v) is 2.69. The number of terminal acetylenes is 1. The van der Waals surface area contributed by atoms with E-state index < -0.39 is 6.10 Å². The fraction of sp³-hybridized carbons (Fsp3) is 0.318. The Bertz CT molecular complexity index is 832. The number of rotatable bonds is 11. The number of ether oxygens (including phenoxy) is 4. The van der Waals surface area contributed by atoms with Crippen LogP contribution < -0.4 is 19.5 Å². The van der Waals surface area contributed by atoms with E-state index in [1.54, 1.807) is 56.7 Å². The van der Waals surface area contributed by atoms with Gasteiger partial charge >= 0.3 is 0 Å². The lowest BCUT2D eigenvalue weighted by molar-refractivity contribution is -0.132. The van der Waals surface area contributed by atoms with Gasteiger partial charge < -0.3 is 24.3 Å². The van der Waals surface area contributed by atoms with Crippen molar-refractivity contribution in [2.24, 2.45) is 0 Å². The van der Waals surface area contributed by atoms with Crippen LogP contribution in [0.1, 0.15) is 18.1 Å². The van der Waals surface area contributed by atoms with Crippen molar-refractivity contribution < 1.29 is 23.7 Å². The first-order valence-corrected chi connectivity index (χ1v) is 9.40. The molecule has 7 heteroatoms. The lowest BCUT2D eigenvalue weighted by Crippen LogP contribution is -2.32. The Labute approximate surface area is 176 Å². The molecule has 1 N–H and O–H groups in total. The summed E-state index contributed by atoms with van der Waals surface area (Å²) in [7, 11) is 3.14. The van der Waals surface area contributed by atoms with E-state index in [0.29, 0.717) is 47.4 Å². The summed E-state index contributed by atoms with van der Waals surface area (Å²) in [6.07, 6.45) is 5.07. The van der Waals surface area contributed by atoms with Crippen molar-refractivity contribution in [1.82, 2.24) is 5.32 Å². The van der Waals surface area contributed by atoms with Gasteiger partial charge in [-0.2, -0.15) is 0 Å². The van der Waals surface area contributed by atoms with Gasteiger partial charge in [0.05, 0.1) is 20.8 Å². The van der Waals surface area contributed by atoms with Gasteiger partial charge in [0, 0.05) is 17.6 Å². The van der Waals surface area contributed by atoms with E-state index in [1.165, 1.54) is 0 Å². The van der Waals surface area contributed by atoms with Crippen LogP contribution in [0.2, 0.25) is 5.02 Å². The monoisotopic (exact) mass is 417 g/mol. The number of carbonyl (C=O) groups is 1. The molecule has 1 unspecified atom stereocenters. The summed E-state index contributed by atoms with van der Waals surface area (Å²) in [6.45, 7) is 0.880. The first-order chi connectivity index (χ1) is 14.1. The van der Waals surface area contributed by atoms with Gasteiger partial charge in [-0.3, -0.25) is 4.79 Å². The molecule has 2 aromatic carbocycles. The Hall–Kier alpha value is -2.88. The van der Waals surface area contributed by atoms with Crippen LogP contribution in [0.3, 0.4) is 0 Å². The minimum absolute atomic E-state index is 0.0309. The zero-order valence-electron chi connectivity index (χ0n) is 16.4. The molecule has 0 saturated carbocycles. The van der Waals surface area contributed by atoms with Gasteiger partial charge in [0.25, 0.3) is 5.91 Å². The normalized spacial score (nSPS) is 11.2. The first-order valence-electron chi connectivity index (χ1n) is 9.02. The third kappa shape index (κ3) is 6.90. The van der Waals surface area contributed by atoms with Gasteiger partial charge in [-0.1, -0.05) is 29.7 Å². The van der Waals surface area contributed by atoms with Crippen LogP contribution >= 0.6 is 11.6 Å². The Balaban J connectivity index is 1.82. The van der Waals surface area contributed by atoms with E-state index in [2.05, 4.69) is 11.2 Å². The summed E-state index contributed by atoms with van der Waals surface area (Å²) in [5, 5.41) is 3.42. The minimum atomic E-state index is -0.796. The summed E-state index contributed by atoms with van der Waals surface area (Å²) >= 11 is 5.90. The highest BCUT2D eigenvalue weighted by atomic mass is 35.5. The van der Waals surface area contributed by atoms with E-state index in [9.17, 15) is 4.79 Å². The van der Waals surface area contributed by atoms with Gasteiger partial charge in [0.15, 0.2) is 17.6 Å². The SMILES string of the molecule is C#CCOC(C(=O)NCCCOc1ccc(OC)c(OC)c1)c1ccc(Cl)cc1. The molecule has 29 heavy (non-hydrogen) atoms. The van der Waals surface area contributed by atoms with E-state index in [4.69, 9.17) is 37.0 Å². The van der Waals surface area contributed by atoms with Crippen molar-refractivity contribution in [2.75, 3.05) is 34.0 Å². The molecule has 1 atom stereocenters. The maximum Gasteiger partial charge on any atom is 0.253 e. The summed E-state index contributed by atoms with van der Waals surface area (Å²) in [5.74, 6) is 3.99. The smallest absolute Gasteiger partial charge is 0.253 e. The van der Waals surface area contributed by atoms with E-state index in [-0.39, 0.29) is 12.5 Å². The van der Waals surface area contributed by atoms with Crippen molar-refractivity contribution in [1.29, 1.82) is 0 Å². The third-order valence-electron chi connectivity index (χ3n) is 3.99. The molecule has 0 aliphatic rings. The molecule has 1 amide bonds. The maximum atomic E-state index is 12.5. The molecule has 0 bridgehead atoms. The highest BCUT2D eigenvalue weighted by Crippen LogP contribution is 2.30. The highest BCUT2D eigenvalue weighted by molar-refractivity contribution is 6.30. The van der Waals surface area contributed by atoms with E-state index in [0.717, 1.165) is 0 Å². The average Bonchev–Trinajstić information content (AvgIpc) is 2.74. The molecule has 2 aromatic rings. The molecule has 0 saturated heterocycles. The molecular formula is C22H24ClNO5. The Kier molecular flexibility index (Phi) is 9.16. The third-order valence-corrected chi connectivity index (χ3v) is 4.24. The van der Waals surface area contributed by atoms with Gasteiger partial charge in [-0.05, 0) is 36.2 Å². The number of hydrogen-bond donors (Lipinski definition) is 1. The second-order valence-corrected chi connectivity index (χ2v) is 6.39. The molecule has 0 radical (unpaired) electrons. The lowest BCUT2D eigenvalue weighted by atomic mass is 10.1. The van der Waals surface area contributed by atoms with Crippen LogP contribution in [0, 0.1) is 12.3 Å². The number of carbonyl (C=O) groups excluding carboxylic acids is 1. The van der Waals surface area contributed by atoms with Crippen LogP contribution in [0.4, 0.5) is 0 Å². The molecule has 0 aromatic heterocycles. The summed E-state index contributed by atoms with van der Waals surface area (Å²) in [6, 6.07) is 12.2. The van der Waals surface area contributed by atoms with E-state index in [1.807, 2.05) is 0 Å². The molecular weight excluding hydrogens is 394 g/mol. The second-order valence-electron chi connectivity index (χ2n) is 5.96. The van der Waals surface area contributed by atoms with Crippen molar-refractivity contribution in [3.05, 3.63) is 53.1 Å². The van der Waals surface area contributed by atoms with Crippen LogP contribution in [0.15, 0.2) is 42.5 Å². The predicted octanol–water partition coefficient (Wildman–Crippen LogP) is 3.63. The number of hydrogen-bond acceptors (Lipinski definition) is 5.